The van der Waals surface area contributed by atoms with E-state index in [0.717, 1.165) is 83.5 Å². The number of carbonyl (C=O) groups is 1. The molecule has 19 nitrogen and oxygen atoms in total. The Hall–Kier alpha value is -3.03. The lowest BCUT2D eigenvalue weighted by Crippen LogP contribution is -2.66. The monoisotopic (exact) mass is 1600 g/mol. The number of hydrogen-bond acceptors (Lipinski definition) is 18. The lowest BCUT2D eigenvalue weighted by Gasteiger charge is -2.48. The SMILES string of the molecule is CC/C=C\C/C=C\C/C=C\C/C=C\C/C=C\C/C=C\CCCCCCCCCCCCCCCCCCCCC(=O)NC(COC1OC(CO)C(OC2OC(CO)C(OC3OC(CO)C(O)C(O)C3O)C(O)C2O)C(O)C1O)C(O)/C=C/CCCCCCCCCCCCCCCCCCCCCCCCCCCCCCC. The minimum atomic E-state index is -1.98. The lowest BCUT2D eigenvalue weighted by molar-refractivity contribution is -0.379. The highest BCUT2D eigenvalue weighted by molar-refractivity contribution is 5.76. The quantitative estimate of drug-likeness (QED) is 0.0199. The van der Waals surface area contributed by atoms with Gasteiger partial charge in [-0.2, -0.15) is 0 Å². The molecule has 3 heterocycles. The Morgan fingerprint density at radius 2 is 0.611 bits per heavy atom. The zero-order chi connectivity index (χ0) is 81.7. The van der Waals surface area contributed by atoms with Crippen molar-refractivity contribution in [2.75, 3.05) is 26.4 Å². The number of aliphatic hydroxyl groups is 11. The lowest BCUT2D eigenvalue weighted by atomic mass is 9.96. The minimum absolute atomic E-state index is 0.243. The molecule has 0 aromatic carbocycles. The third kappa shape index (κ3) is 51.3. The summed E-state index contributed by atoms with van der Waals surface area (Å²) in [4.78, 5) is 13.5. The van der Waals surface area contributed by atoms with Crippen molar-refractivity contribution in [2.45, 2.75) is 478 Å². The molecule has 17 atom stereocenters. The van der Waals surface area contributed by atoms with Gasteiger partial charge in [0.05, 0.1) is 38.6 Å². The molecule has 3 aliphatic heterocycles. The van der Waals surface area contributed by atoms with Crippen LogP contribution in [0.15, 0.2) is 85.1 Å². The van der Waals surface area contributed by atoms with Crippen molar-refractivity contribution in [3.63, 3.8) is 0 Å². The predicted octanol–water partition coefficient (Wildman–Crippen LogP) is 18.1. The molecule has 0 spiro atoms. The van der Waals surface area contributed by atoms with E-state index < -0.39 is 124 Å². The van der Waals surface area contributed by atoms with Gasteiger partial charge in [0.15, 0.2) is 18.9 Å². The van der Waals surface area contributed by atoms with Gasteiger partial charge in [0, 0.05) is 6.42 Å². The van der Waals surface area contributed by atoms with Gasteiger partial charge in [-0.05, 0) is 70.6 Å². The molecule has 0 aliphatic carbocycles. The minimum Gasteiger partial charge on any atom is -0.394 e. The number of allylic oxidation sites excluding steroid dienone is 13. The van der Waals surface area contributed by atoms with E-state index in [1.807, 2.05) is 6.08 Å². The zero-order valence-electron chi connectivity index (χ0n) is 71.1. The largest absolute Gasteiger partial charge is 0.394 e. The van der Waals surface area contributed by atoms with Crippen LogP contribution in [0.25, 0.3) is 0 Å². The van der Waals surface area contributed by atoms with E-state index in [2.05, 4.69) is 92.1 Å². The van der Waals surface area contributed by atoms with Crippen molar-refractivity contribution in [1.82, 2.24) is 5.32 Å². The standard InChI is InChI=1S/C94H169NO18/c1-3-5-7-9-11-13-15-17-19-21-23-25-27-29-31-33-35-36-37-38-39-40-42-44-46-48-50-52-54-56-58-60-62-64-66-68-70-72-82(100)95-77(78(99)71-69-67-65-63-61-59-57-55-53-51-49-47-45-43-41-34-32-30-28-26-24-22-20-18-16-14-12-10-8-6-4-2)76-108-92-88(106)85(103)90(80(74-97)110-92)113-94-89(107)86(104)91(81(75-98)111-94)112-93-87(105)84(102)83(101)79(73-96)109-93/h5,7,11,13,17,19,23,25,29,31,35-36,69,71,77-81,83-94,96-99,101-107H,3-4,6,8-10,12,14-16,18,20-22,24,26-28,30,32-34,37-68,70,72-76H2,1-2H3,(H,95,100)/b7-5-,13-11-,19-17-,25-23-,31-29-,36-35-,71-69+. The van der Waals surface area contributed by atoms with E-state index in [9.17, 15) is 61.0 Å². The summed E-state index contributed by atoms with van der Waals surface area (Å²) in [7, 11) is 0. The smallest absolute Gasteiger partial charge is 0.220 e. The number of rotatable bonds is 75. The molecule has 3 rings (SSSR count). The molecule has 3 fully saturated rings. The summed E-state index contributed by atoms with van der Waals surface area (Å²) in [6, 6.07) is -0.978. The Kier molecular flexibility index (Phi) is 67.2. The number of carbonyl (C=O) groups excluding carboxylic acids is 1. The summed E-state index contributed by atoms with van der Waals surface area (Å²) in [6.07, 6.45) is 73.0. The number of unbranched alkanes of at least 4 members (excludes halogenated alkanes) is 47. The Balaban J connectivity index is 1.32. The molecule has 0 aromatic rings. The Morgan fingerprint density at radius 3 is 0.956 bits per heavy atom. The van der Waals surface area contributed by atoms with Crippen molar-refractivity contribution in [3.8, 4) is 0 Å². The first kappa shape index (κ1) is 104. The maximum Gasteiger partial charge on any atom is 0.220 e. The molecule has 19 heteroatoms. The summed E-state index contributed by atoms with van der Waals surface area (Å²) in [6.45, 7) is 1.68. The van der Waals surface area contributed by atoms with Gasteiger partial charge in [0.2, 0.25) is 5.91 Å². The third-order valence-electron chi connectivity index (χ3n) is 22.7. The first-order valence-corrected chi connectivity index (χ1v) is 46.3. The van der Waals surface area contributed by atoms with Crippen LogP contribution in [0.4, 0.5) is 0 Å². The molecule has 3 saturated heterocycles. The van der Waals surface area contributed by atoms with Crippen LogP contribution in [0.2, 0.25) is 0 Å². The van der Waals surface area contributed by atoms with E-state index in [4.69, 9.17) is 28.4 Å². The van der Waals surface area contributed by atoms with Crippen LogP contribution in [0.1, 0.15) is 373 Å². The van der Waals surface area contributed by atoms with Crippen LogP contribution >= 0.6 is 0 Å². The van der Waals surface area contributed by atoms with Crippen molar-refractivity contribution in [2.24, 2.45) is 0 Å². The van der Waals surface area contributed by atoms with Gasteiger partial charge in [-0.25, -0.2) is 0 Å². The van der Waals surface area contributed by atoms with Crippen molar-refractivity contribution in [1.29, 1.82) is 0 Å². The van der Waals surface area contributed by atoms with Gasteiger partial charge in [-0.1, -0.05) is 381 Å². The normalized spacial score (nSPS) is 25.2. The van der Waals surface area contributed by atoms with E-state index >= 15 is 0 Å². The molecule has 0 bridgehead atoms. The summed E-state index contributed by atoms with van der Waals surface area (Å²) in [5.74, 6) is -0.271. The van der Waals surface area contributed by atoms with Gasteiger partial charge in [0.1, 0.15) is 73.2 Å². The van der Waals surface area contributed by atoms with Crippen LogP contribution in [-0.2, 0) is 33.2 Å². The van der Waals surface area contributed by atoms with E-state index in [1.165, 1.54) is 263 Å². The van der Waals surface area contributed by atoms with Gasteiger partial charge in [-0.15, -0.1) is 0 Å². The number of nitrogens with one attached hydrogen (secondary N) is 1. The second kappa shape index (κ2) is 72.9. The fourth-order valence-electron chi connectivity index (χ4n) is 15.4. The van der Waals surface area contributed by atoms with Gasteiger partial charge < -0.3 is 89.9 Å². The molecular formula is C94H169NO18. The molecule has 17 unspecified atom stereocenters. The number of aliphatic hydroxyl groups excluding tert-OH is 11. The topological polar surface area (TPSA) is 307 Å². The van der Waals surface area contributed by atoms with Crippen molar-refractivity contribution >= 4 is 5.91 Å². The highest BCUT2D eigenvalue weighted by Gasteiger charge is 2.54. The number of ether oxygens (including phenoxy) is 6. The third-order valence-corrected chi connectivity index (χ3v) is 22.7. The molecular weight excluding hydrogens is 1430 g/mol. The van der Waals surface area contributed by atoms with E-state index in [-0.39, 0.29) is 18.9 Å². The average molecular weight is 1600 g/mol. The van der Waals surface area contributed by atoms with Crippen LogP contribution in [0, 0.1) is 0 Å². The molecule has 1 amide bonds. The van der Waals surface area contributed by atoms with Gasteiger partial charge in [-0.3, -0.25) is 4.79 Å². The first-order valence-electron chi connectivity index (χ1n) is 46.3. The van der Waals surface area contributed by atoms with Crippen molar-refractivity contribution < 1.29 is 89.4 Å². The highest BCUT2D eigenvalue weighted by atomic mass is 16.8. The van der Waals surface area contributed by atoms with Crippen LogP contribution in [-0.4, -0.2) is 193 Å². The van der Waals surface area contributed by atoms with Crippen molar-refractivity contribution in [3.05, 3.63) is 85.1 Å². The van der Waals surface area contributed by atoms with Crippen LogP contribution in [0.5, 0.6) is 0 Å². The highest BCUT2D eigenvalue weighted by Crippen LogP contribution is 2.34. The summed E-state index contributed by atoms with van der Waals surface area (Å²) < 4.78 is 34.6. The Morgan fingerprint density at radius 1 is 0.327 bits per heavy atom. The van der Waals surface area contributed by atoms with Crippen LogP contribution in [0.3, 0.4) is 0 Å². The molecule has 12 N–H and O–H groups in total. The number of hydrogen-bond donors (Lipinski definition) is 12. The second-order valence-electron chi connectivity index (χ2n) is 32.7. The van der Waals surface area contributed by atoms with Gasteiger partial charge >= 0.3 is 0 Å². The fourth-order valence-corrected chi connectivity index (χ4v) is 15.4. The second-order valence-corrected chi connectivity index (χ2v) is 32.7. The molecule has 0 aromatic heterocycles. The maximum atomic E-state index is 13.5. The zero-order valence-corrected chi connectivity index (χ0v) is 71.1. The van der Waals surface area contributed by atoms with E-state index in [0.29, 0.717) is 6.42 Å². The predicted molar refractivity (Wildman–Crippen MR) is 457 cm³/mol. The van der Waals surface area contributed by atoms with E-state index in [1.54, 1.807) is 6.08 Å². The summed E-state index contributed by atoms with van der Waals surface area (Å²) >= 11 is 0. The van der Waals surface area contributed by atoms with Crippen LogP contribution < -0.4 is 5.32 Å². The number of amides is 1. The molecule has 3 aliphatic rings. The first-order chi connectivity index (χ1) is 55.3. The molecule has 113 heavy (non-hydrogen) atoms. The molecule has 658 valence electrons. The Labute approximate surface area is 686 Å². The summed E-state index contributed by atoms with van der Waals surface area (Å²) in [5.41, 5.74) is 0. The average Bonchev–Trinajstić information content (AvgIpc) is 0.779. The molecule has 0 radical (unpaired) electrons. The molecule has 0 saturated carbocycles. The van der Waals surface area contributed by atoms with Gasteiger partial charge in [0.25, 0.3) is 0 Å². The summed E-state index contributed by atoms with van der Waals surface area (Å²) in [5, 5.41) is 121. The maximum absolute atomic E-state index is 13.5. The fraction of sp³-hybridized carbons (Fsp3) is 0.840. The Bertz CT molecular complexity index is 2370.